The van der Waals surface area contributed by atoms with E-state index in [9.17, 15) is 0 Å². The standard InChI is InChI=1S/C16H29N3O3/c1-3-21-13-6-10-18-16(17-9-5-12-20-2)19-11-8-15-7-4-14-22-15/h4,7,14H,3,5-6,8-13H2,1-2H3,(H2,17,18,19). The highest BCUT2D eigenvalue weighted by Crippen LogP contribution is 1.99. The minimum atomic E-state index is 0.730. The Morgan fingerprint density at radius 1 is 1.23 bits per heavy atom. The Balaban J connectivity index is 2.25. The van der Waals surface area contributed by atoms with E-state index in [4.69, 9.17) is 13.9 Å². The maximum absolute atomic E-state index is 5.33. The molecule has 0 radical (unpaired) electrons. The number of nitrogens with one attached hydrogen (secondary N) is 2. The maximum Gasteiger partial charge on any atom is 0.191 e. The lowest BCUT2D eigenvalue weighted by atomic mass is 10.3. The number of guanidine groups is 1. The van der Waals surface area contributed by atoms with E-state index in [1.165, 1.54) is 0 Å². The minimum Gasteiger partial charge on any atom is -0.469 e. The first kappa shape index (κ1) is 18.5. The number of hydrogen-bond acceptors (Lipinski definition) is 4. The number of ether oxygens (including phenoxy) is 2. The molecule has 1 aromatic heterocycles. The Morgan fingerprint density at radius 2 is 2.09 bits per heavy atom. The van der Waals surface area contributed by atoms with Crippen LogP contribution in [0, 0.1) is 0 Å². The van der Waals surface area contributed by atoms with Gasteiger partial charge in [-0.05, 0) is 31.9 Å². The van der Waals surface area contributed by atoms with E-state index in [1.807, 2.05) is 19.1 Å². The van der Waals surface area contributed by atoms with Gasteiger partial charge in [-0.15, -0.1) is 0 Å². The first-order valence-corrected chi connectivity index (χ1v) is 7.98. The van der Waals surface area contributed by atoms with Gasteiger partial charge in [-0.2, -0.15) is 0 Å². The van der Waals surface area contributed by atoms with Gasteiger partial charge in [0, 0.05) is 53.0 Å². The molecule has 0 saturated heterocycles. The van der Waals surface area contributed by atoms with Crippen molar-refractivity contribution in [2.45, 2.75) is 26.2 Å². The predicted octanol–water partition coefficient (Wildman–Crippen LogP) is 1.82. The van der Waals surface area contributed by atoms with E-state index in [1.54, 1.807) is 13.4 Å². The van der Waals surface area contributed by atoms with Crippen LogP contribution in [0.2, 0.25) is 0 Å². The monoisotopic (exact) mass is 311 g/mol. The first-order valence-electron chi connectivity index (χ1n) is 7.98. The Kier molecular flexibility index (Phi) is 11.1. The third kappa shape index (κ3) is 9.41. The number of aliphatic imine (C=N–C) groups is 1. The maximum atomic E-state index is 5.33. The van der Waals surface area contributed by atoms with E-state index >= 15 is 0 Å². The molecule has 0 aliphatic heterocycles. The Hall–Kier alpha value is -1.53. The molecule has 0 saturated carbocycles. The van der Waals surface area contributed by atoms with Crippen LogP contribution in [0.3, 0.4) is 0 Å². The molecule has 126 valence electrons. The lowest BCUT2D eigenvalue weighted by Gasteiger charge is -2.12. The summed E-state index contributed by atoms with van der Waals surface area (Å²) in [5, 5.41) is 6.65. The van der Waals surface area contributed by atoms with E-state index in [0.717, 1.165) is 70.4 Å². The Labute approximate surface area is 133 Å². The lowest BCUT2D eigenvalue weighted by Crippen LogP contribution is -2.39. The average Bonchev–Trinajstić information content (AvgIpc) is 3.04. The molecule has 0 amide bonds. The van der Waals surface area contributed by atoms with E-state index in [-0.39, 0.29) is 0 Å². The molecule has 22 heavy (non-hydrogen) atoms. The Morgan fingerprint density at radius 3 is 2.82 bits per heavy atom. The van der Waals surface area contributed by atoms with Crippen molar-refractivity contribution in [2.75, 3.05) is 46.6 Å². The van der Waals surface area contributed by atoms with Crippen molar-refractivity contribution in [1.29, 1.82) is 0 Å². The highest BCUT2D eigenvalue weighted by atomic mass is 16.5. The van der Waals surface area contributed by atoms with Crippen LogP contribution in [-0.4, -0.2) is 52.5 Å². The topological polar surface area (TPSA) is 68.0 Å². The molecular weight excluding hydrogens is 282 g/mol. The normalized spacial score (nSPS) is 11.6. The van der Waals surface area contributed by atoms with Gasteiger partial charge in [0.25, 0.3) is 0 Å². The van der Waals surface area contributed by atoms with Gasteiger partial charge in [0.15, 0.2) is 5.96 Å². The number of hydrogen-bond donors (Lipinski definition) is 2. The molecule has 0 unspecified atom stereocenters. The third-order valence-electron chi connectivity index (χ3n) is 2.98. The van der Waals surface area contributed by atoms with Crippen molar-refractivity contribution in [3.63, 3.8) is 0 Å². The summed E-state index contributed by atoms with van der Waals surface area (Å²) in [5.41, 5.74) is 0. The van der Waals surface area contributed by atoms with Crippen LogP contribution in [0.4, 0.5) is 0 Å². The van der Waals surface area contributed by atoms with Crippen molar-refractivity contribution in [3.05, 3.63) is 24.2 Å². The van der Waals surface area contributed by atoms with Crippen LogP contribution < -0.4 is 10.6 Å². The molecule has 1 rings (SSSR count). The second-order valence-corrected chi connectivity index (χ2v) is 4.81. The van der Waals surface area contributed by atoms with Crippen LogP contribution in [0.15, 0.2) is 27.8 Å². The number of nitrogens with zero attached hydrogens (tertiary/aromatic N) is 1. The first-order chi connectivity index (χ1) is 10.9. The largest absolute Gasteiger partial charge is 0.469 e. The molecule has 0 aliphatic rings. The van der Waals surface area contributed by atoms with Gasteiger partial charge in [0.05, 0.1) is 6.26 Å². The second kappa shape index (κ2) is 13.2. The van der Waals surface area contributed by atoms with Crippen molar-refractivity contribution < 1.29 is 13.9 Å². The Bertz CT molecular complexity index is 380. The molecule has 1 aromatic rings. The molecule has 0 spiro atoms. The second-order valence-electron chi connectivity index (χ2n) is 4.81. The summed E-state index contributed by atoms with van der Waals surface area (Å²) in [6.45, 7) is 6.65. The fraction of sp³-hybridized carbons (Fsp3) is 0.688. The third-order valence-corrected chi connectivity index (χ3v) is 2.98. The van der Waals surface area contributed by atoms with Crippen molar-refractivity contribution in [3.8, 4) is 0 Å². The minimum absolute atomic E-state index is 0.730. The zero-order chi connectivity index (χ0) is 15.9. The molecule has 1 heterocycles. The van der Waals surface area contributed by atoms with Gasteiger partial charge >= 0.3 is 0 Å². The SMILES string of the molecule is CCOCCCNC(=NCCCOC)NCCc1ccco1. The lowest BCUT2D eigenvalue weighted by molar-refractivity contribution is 0.145. The highest BCUT2D eigenvalue weighted by molar-refractivity contribution is 5.79. The highest BCUT2D eigenvalue weighted by Gasteiger charge is 2.00. The molecule has 0 aliphatic carbocycles. The molecule has 0 aromatic carbocycles. The van der Waals surface area contributed by atoms with Gasteiger partial charge in [-0.1, -0.05) is 0 Å². The summed E-state index contributed by atoms with van der Waals surface area (Å²) in [4.78, 5) is 4.54. The van der Waals surface area contributed by atoms with Gasteiger partial charge in [0.2, 0.25) is 0 Å². The fourth-order valence-electron chi connectivity index (χ4n) is 1.86. The molecule has 6 heteroatoms. The summed E-state index contributed by atoms with van der Waals surface area (Å²) in [6, 6.07) is 3.88. The van der Waals surface area contributed by atoms with E-state index < -0.39 is 0 Å². The summed E-state index contributed by atoms with van der Waals surface area (Å²) < 4.78 is 15.7. The number of furan rings is 1. The average molecular weight is 311 g/mol. The van der Waals surface area contributed by atoms with Crippen molar-refractivity contribution in [1.82, 2.24) is 10.6 Å². The van der Waals surface area contributed by atoms with Crippen molar-refractivity contribution >= 4 is 5.96 Å². The van der Waals surface area contributed by atoms with Crippen LogP contribution >= 0.6 is 0 Å². The smallest absolute Gasteiger partial charge is 0.191 e. The predicted molar refractivity (Wildman–Crippen MR) is 88.3 cm³/mol. The van der Waals surface area contributed by atoms with Crippen LogP contribution in [-0.2, 0) is 15.9 Å². The van der Waals surface area contributed by atoms with Gasteiger partial charge < -0.3 is 24.5 Å². The number of methoxy groups -OCH3 is 1. The molecular formula is C16H29N3O3. The van der Waals surface area contributed by atoms with Gasteiger partial charge in [-0.25, -0.2) is 0 Å². The van der Waals surface area contributed by atoms with E-state index in [2.05, 4.69) is 15.6 Å². The van der Waals surface area contributed by atoms with Crippen LogP contribution in [0.25, 0.3) is 0 Å². The fourth-order valence-corrected chi connectivity index (χ4v) is 1.86. The zero-order valence-corrected chi connectivity index (χ0v) is 13.8. The van der Waals surface area contributed by atoms with E-state index in [0.29, 0.717) is 0 Å². The molecule has 6 nitrogen and oxygen atoms in total. The van der Waals surface area contributed by atoms with Crippen LogP contribution in [0.1, 0.15) is 25.5 Å². The molecule has 0 fully saturated rings. The molecule has 0 bridgehead atoms. The van der Waals surface area contributed by atoms with Crippen molar-refractivity contribution in [2.24, 2.45) is 4.99 Å². The summed E-state index contributed by atoms with van der Waals surface area (Å²) >= 11 is 0. The summed E-state index contributed by atoms with van der Waals surface area (Å²) in [6.07, 6.45) is 4.41. The van der Waals surface area contributed by atoms with Gasteiger partial charge in [-0.3, -0.25) is 4.99 Å². The van der Waals surface area contributed by atoms with Gasteiger partial charge in [0.1, 0.15) is 5.76 Å². The molecule has 2 N–H and O–H groups in total. The quantitative estimate of drug-likeness (QED) is 0.350. The molecule has 0 atom stereocenters. The summed E-state index contributed by atoms with van der Waals surface area (Å²) in [7, 11) is 1.71. The number of rotatable bonds is 12. The van der Waals surface area contributed by atoms with Crippen LogP contribution in [0.5, 0.6) is 0 Å². The summed E-state index contributed by atoms with van der Waals surface area (Å²) in [5.74, 6) is 1.81. The zero-order valence-electron chi connectivity index (χ0n) is 13.8.